The second-order valence-electron chi connectivity index (χ2n) is 7.19. The molecule has 3 rings (SSSR count). The van der Waals surface area contributed by atoms with Crippen LogP contribution >= 0.6 is 11.6 Å². The van der Waals surface area contributed by atoms with E-state index in [0.29, 0.717) is 24.8 Å². The summed E-state index contributed by atoms with van der Waals surface area (Å²) in [4.78, 5) is 15.4. The Morgan fingerprint density at radius 3 is 2.48 bits per heavy atom. The molecule has 2 saturated heterocycles. The molecule has 0 spiro atoms. The van der Waals surface area contributed by atoms with Gasteiger partial charge in [0.1, 0.15) is 0 Å². The standard InChI is InChI=1S/C18H25ClN2O2/c1-17(12-20)6-9-21(13-17)16(22)18(7-10-23-11-8-18)14-2-4-15(19)5-3-14/h2-5H,6-13,20H2,1H3. The molecule has 2 fully saturated rings. The zero-order valence-electron chi connectivity index (χ0n) is 13.7. The van der Waals surface area contributed by atoms with Crippen LogP contribution in [0.3, 0.4) is 0 Å². The SMILES string of the molecule is CC1(CN)CCN(C(=O)C2(c3ccc(Cl)cc3)CCOCC2)C1. The van der Waals surface area contributed by atoms with Gasteiger partial charge in [-0.1, -0.05) is 30.7 Å². The maximum absolute atomic E-state index is 13.4. The molecule has 4 nitrogen and oxygen atoms in total. The summed E-state index contributed by atoms with van der Waals surface area (Å²) in [7, 11) is 0. The Hall–Kier alpha value is -1.10. The van der Waals surface area contributed by atoms with Gasteiger partial charge in [0.05, 0.1) is 5.41 Å². The Kier molecular flexibility index (Phi) is 4.68. The van der Waals surface area contributed by atoms with Crippen molar-refractivity contribution in [1.82, 2.24) is 4.90 Å². The van der Waals surface area contributed by atoms with Gasteiger partial charge in [-0.2, -0.15) is 0 Å². The number of rotatable bonds is 3. The average molecular weight is 337 g/mol. The molecule has 126 valence electrons. The number of nitrogens with zero attached hydrogens (tertiary/aromatic N) is 1. The molecule has 1 aromatic carbocycles. The summed E-state index contributed by atoms with van der Waals surface area (Å²) < 4.78 is 5.53. The van der Waals surface area contributed by atoms with Crippen molar-refractivity contribution in [2.45, 2.75) is 31.6 Å². The number of benzene rings is 1. The van der Waals surface area contributed by atoms with E-state index < -0.39 is 5.41 Å². The summed E-state index contributed by atoms with van der Waals surface area (Å²) in [5.74, 6) is 0.222. The van der Waals surface area contributed by atoms with Crippen LogP contribution < -0.4 is 5.73 Å². The lowest BCUT2D eigenvalue weighted by atomic mass is 9.73. The number of carbonyl (C=O) groups is 1. The molecule has 0 aliphatic carbocycles. The molecule has 1 unspecified atom stereocenters. The van der Waals surface area contributed by atoms with Crippen molar-refractivity contribution in [2.24, 2.45) is 11.1 Å². The van der Waals surface area contributed by atoms with E-state index in [1.807, 2.05) is 29.2 Å². The van der Waals surface area contributed by atoms with Crippen molar-refractivity contribution in [3.63, 3.8) is 0 Å². The van der Waals surface area contributed by atoms with Gasteiger partial charge in [0, 0.05) is 31.3 Å². The van der Waals surface area contributed by atoms with Crippen molar-refractivity contribution in [3.8, 4) is 0 Å². The number of likely N-dealkylation sites (tertiary alicyclic amines) is 1. The highest BCUT2D eigenvalue weighted by molar-refractivity contribution is 6.30. The Labute approximate surface area is 142 Å². The first kappa shape index (κ1) is 16.7. The second-order valence-corrected chi connectivity index (χ2v) is 7.63. The van der Waals surface area contributed by atoms with Gasteiger partial charge in [-0.3, -0.25) is 4.79 Å². The van der Waals surface area contributed by atoms with Gasteiger partial charge in [0.25, 0.3) is 0 Å². The second kappa shape index (κ2) is 6.42. The van der Waals surface area contributed by atoms with Gasteiger partial charge in [0.2, 0.25) is 5.91 Å². The van der Waals surface area contributed by atoms with Crippen LogP contribution in [0.2, 0.25) is 5.02 Å². The molecule has 0 saturated carbocycles. The van der Waals surface area contributed by atoms with Crippen LogP contribution in [0.15, 0.2) is 24.3 Å². The van der Waals surface area contributed by atoms with Crippen molar-refractivity contribution in [3.05, 3.63) is 34.9 Å². The molecule has 1 aromatic rings. The molecule has 2 heterocycles. The van der Waals surface area contributed by atoms with Crippen molar-refractivity contribution >= 4 is 17.5 Å². The highest BCUT2D eigenvalue weighted by Gasteiger charge is 2.47. The Balaban J connectivity index is 1.90. The molecule has 2 aliphatic rings. The average Bonchev–Trinajstić information content (AvgIpc) is 2.98. The maximum atomic E-state index is 13.4. The van der Waals surface area contributed by atoms with Crippen molar-refractivity contribution in [1.29, 1.82) is 0 Å². The van der Waals surface area contributed by atoms with Crippen LogP contribution in [0, 0.1) is 5.41 Å². The predicted octanol–water partition coefficient (Wildman–Crippen LogP) is 2.59. The van der Waals surface area contributed by atoms with Crippen LogP contribution in [-0.2, 0) is 14.9 Å². The lowest BCUT2D eigenvalue weighted by Gasteiger charge is -2.39. The quantitative estimate of drug-likeness (QED) is 0.923. The lowest BCUT2D eigenvalue weighted by Crippen LogP contribution is -2.50. The van der Waals surface area contributed by atoms with E-state index in [9.17, 15) is 4.79 Å². The molecule has 5 heteroatoms. The monoisotopic (exact) mass is 336 g/mol. The summed E-state index contributed by atoms with van der Waals surface area (Å²) in [6.07, 6.45) is 2.43. The summed E-state index contributed by atoms with van der Waals surface area (Å²) >= 11 is 6.02. The fraction of sp³-hybridized carbons (Fsp3) is 0.611. The van der Waals surface area contributed by atoms with Gasteiger partial charge in [-0.25, -0.2) is 0 Å². The molecule has 1 amide bonds. The summed E-state index contributed by atoms with van der Waals surface area (Å²) in [5, 5.41) is 0.695. The van der Waals surface area contributed by atoms with E-state index in [1.165, 1.54) is 0 Å². The smallest absolute Gasteiger partial charge is 0.233 e. The Bertz CT molecular complexity index is 569. The lowest BCUT2D eigenvalue weighted by molar-refractivity contribution is -0.140. The van der Waals surface area contributed by atoms with Crippen molar-refractivity contribution < 1.29 is 9.53 Å². The number of ether oxygens (including phenoxy) is 1. The summed E-state index contributed by atoms with van der Waals surface area (Å²) in [6, 6.07) is 7.72. The van der Waals surface area contributed by atoms with Gasteiger partial charge in [0.15, 0.2) is 0 Å². The number of carbonyl (C=O) groups excluding carboxylic acids is 1. The zero-order chi connectivity index (χ0) is 16.5. The summed E-state index contributed by atoms with van der Waals surface area (Å²) in [5.41, 5.74) is 6.51. The van der Waals surface area contributed by atoms with Crippen LogP contribution in [-0.4, -0.2) is 43.7 Å². The topological polar surface area (TPSA) is 55.6 Å². The minimum Gasteiger partial charge on any atom is -0.381 e. The van der Waals surface area contributed by atoms with Gasteiger partial charge >= 0.3 is 0 Å². The fourth-order valence-corrected chi connectivity index (χ4v) is 3.91. The van der Waals surface area contributed by atoms with E-state index in [4.69, 9.17) is 22.1 Å². The van der Waals surface area contributed by atoms with E-state index in [-0.39, 0.29) is 11.3 Å². The normalized spacial score (nSPS) is 27.2. The van der Waals surface area contributed by atoms with E-state index in [0.717, 1.165) is 37.9 Å². The van der Waals surface area contributed by atoms with Crippen LogP contribution in [0.25, 0.3) is 0 Å². The third-order valence-electron chi connectivity index (χ3n) is 5.49. The highest BCUT2D eigenvalue weighted by Crippen LogP contribution is 2.40. The first-order valence-electron chi connectivity index (χ1n) is 8.32. The molecular weight excluding hydrogens is 312 g/mol. The molecular formula is C18H25ClN2O2. The maximum Gasteiger partial charge on any atom is 0.233 e. The molecule has 2 aliphatic heterocycles. The number of halogens is 1. The number of nitrogens with two attached hydrogens (primary N) is 1. The minimum atomic E-state index is -0.483. The van der Waals surface area contributed by atoms with Crippen molar-refractivity contribution in [2.75, 3.05) is 32.8 Å². The van der Waals surface area contributed by atoms with E-state index >= 15 is 0 Å². The largest absolute Gasteiger partial charge is 0.381 e. The Morgan fingerprint density at radius 1 is 1.26 bits per heavy atom. The molecule has 23 heavy (non-hydrogen) atoms. The molecule has 1 atom stereocenters. The van der Waals surface area contributed by atoms with Gasteiger partial charge in [-0.15, -0.1) is 0 Å². The van der Waals surface area contributed by atoms with E-state index in [1.54, 1.807) is 0 Å². The predicted molar refractivity (Wildman–Crippen MR) is 91.5 cm³/mol. The van der Waals surface area contributed by atoms with Crippen LogP contribution in [0.1, 0.15) is 31.7 Å². The first-order valence-corrected chi connectivity index (χ1v) is 8.70. The third kappa shape index (κ3) is 3.12. The fourth-order valence-electron chi connectivity index (χ4n) is 3.78. The summed E-state index contributed by atoms with van der Waals surface area (Å²) in [6.45, 7) is 5.57. The van der Waals surface area contributed by atoms with E-state index in [2.05, 4.69) is 6.92 Å². The van der Waals surface area contributed by atoms with Gasteiger partial charge in [-0.05, 0) is 48.9 Å². The highest BCUT2D eigenvalue weighted by atomic mass is 35.5. The van der Waals surface area contributed by atoms with Crippen LogP contribution in [0.4, 0.5) is 0 Å². The first-order chi connectivity index (χ1) is 11.0. The number of amides is 1. The Morgan fingerprint density at radius 2 is 1.91 bits per heavy atom. The number of hydrogen-bond donors (Lipinski definition) is 1. The third-order valence-corrected chi connectivity index (χ3v) is 5.74. The van der Waals surface area contributed by atoms with Crippen LogP contribution in [0.5, 0.6) is 0 Å². The molecule has 2 N–H and O–H groups in total. The van der Waals surface area contributed by atoms with Gasteiger partial charge < -0.3 is 15.4 Å². The molecule has 0 aromatic heterocycles. The zero-order valence-corrected chi connectivity index (χ0v) is 14.4. The number of hydrogen-bond acceptors (Lipinski definition) is 3. The minimum absolute atomic E-state index is 0.0437. The molecule has 0 bridgehead atoms. The molecule has 0 radical (unpaired) electrons.